The van der Waals surface area contributed by atoms with E-state index in [1.165, 1.54) is 7.11 Å². The lowest BCUT2D eigenvalue weighted by Crippen LogP contribution is -2.22. The van der Waals surface area contributed by atoms with E-state index in [2.05, 4.69) is 41.9 Å². The van der Waals surface area contributed by atoms with Crippen LogP contribution in [0, 0.1) is 0 Å². The summed E-state index contributed by atoms with van der Waals surface area (Å²) in [6.45, 7) is 3.19. The molecule has 0 radical (unpaired) electrons. The zero-order valence-electron chi connectivity index (χ0n) is 20.8. The first kappa shape index (κ1) is 24.6. The minimum absolute atomic E-state index is 0.401. The van der Waals surface area contributed by atoms with Gasteiger partial charge in [-0.15, -0.1) is 0 Å². The summed E-state index contributed by atoms with van der Waals surface area (Å²) in [5.41, 5.74) is 4.07. The Morgan fingerprint density at radius 3 is 1.63 bits per heavy atom. The normalized spacial score (nSPS) is 13.9. The molecule has 0 saturated heterocycles. The first-order valence-electron chi connectivity index (χ1n) is 12.2. The van der Waals surface area contributed by atoms with Gasteiger partial charge in [0.25, 0.3) is 0 Å². The van der Waals surface area contributed by atoms with E-state index in [0.29, 0.717) is 28.5 Å². The maximum Gasteiger partial charge on any atom is 0.323 e. The predicted molar refractivity (Wildman–Crippen MR) is 150 cm³/mol. The van der Waals surface area contributed by atoms with Crippen LogP contribution in [0.5, 0.6) is 5.75 Å². The van der Waals surface area contributed by atoms with Gasteiger partial charge >= 0.3 is 12.1 Å². The second kappa shape index (κ2) is 11.3. The van der Waals surface area contributed by atoms with Gasteiger partial charge in [0.2, 0.25) is 0 Å². The fourth-order valence-electron chi connectivity index (χ4n) is 4.07. The molecule has 4 amide bonds. The van der Waals surface area contributed by atoms with Gasteiger partial charge in [0.05, 0.1) is 25.9 Å². The fourth-order valence-corrected chi connectivity index (χ4v) is 4.07. The predicted octanol–water partition coefficient (Wildman–Crippen LogP) is 3.68. The van der Waals surface area contributed by atoms with Crippen molar-refractivity contribution in [2.75, 3.05) is 54.6 Å². The van der Waals surface area contributed by atoms with Crippen LogP contribution in [0.4, 0.5) is 32.3 Å². The van der Waals surface area contributed by atoms with Crippen molar-refractivity contribution in [3.63, 3.8) is 0 Å². The molecule has 0 saturated carbocycles. The first-order chi connectivity index (χ1) is 18.6. The SMILES string of the molecule is COc1ccc(NC(=O)Nc2ccc(C3=NCCN3)cc2)cc1NC(=O)Nc1ccc(C2=NCCN2)cc1. The Balaban J connectivity index is 1.18. The molecule has 2 aliphatic heterocycles. The summed E-state index contributed by atoms with van der Waals surface area (Å²) >= 11 is 0. The minimum atomic E-state index is -0.449. The maximum absolute atomic E-state index is 12.7. The largest absolute Gasteiger partial charge is 0.495 e. The Bertz CT molecular complexity index is 1380. The number of carbonyl (C=O) groups is 2. The lowest BCUT2D eigenvalue weighted by molar-refractivity contribution is 0.261. The van der Waals surface area contributed by atoms with E-state index in [1.54, 1.807) is 30.3 Å². The van der Waals surface area contributed by atoms with Crippen LogP contribution < -0.4 is 36.6 Å². The van der Waals surface area contributed by atoms with Gasteiger partial charge in [-0.3, -0.25) is 9.98 Å². The standard InChI is InChI=1S/C27H28N8O3/c1-38-23-11-10-21(34-26(36)32-19-6-2-17(3-7-19)24-28-12-13-29-24)16-22(23)35-27(37)33-20-8-4-18(5-9-20)25-30-14-15-31-25/h2-11,16H,12-15H2,1H3,(H,28,29)(H,30,31)(H2,32,34,36)(H2,33,35,37). The number of benzene rings is 3. The number of amidine groups is 2. The average molecular weight is 513 g/mol. The zero-order valence-corrected chi connectivity index (χ0v) is 20.8. The Hall–Kier alpha value is -5.06. The molecule has 0 unspecified atom stereocenters. The van der Waals surface area contributed by atoms with E-state index in [9.17, 15) is 9.59 Å². The molecule has 0 fully saturated rings. The minimum Gasteiger partial charge on any atom is -0.495 e. The highest BCUT2D eigenvalue weighted by atomic mass is 16.5. The number of nitrogens with one attached hydrogen (secondary N) is 6. The van der Waals surface area contributed by atoms with Crippen molar-refractivity contribution in [1.82, 2.24) is 10.6 Å². The van der Waals surface area contributed by atoms with Gasteiger partial charge in [-0.25, -0.2) is 9.59 Å². The van der Waals surface area contributed by atoms with Gasteiger partial charge in [-0.2, -0.15) is 0 Å². The van der Waals surface area contributed by atoms with Gasteiger partial charge < -0.3 is 36.6 Å². The summed E-state index contributed by atoms with van der Waals surface area (Å²) in [7, 11) is 1.51. The number of urea groups is 2. The van der Waals surface area contributed by atoms with Crippen LogP contribution in [-0.2, 0) is 0 Å². The molecule has 3 aromatic rings. The van der Waals surface area contributed by atoms with Crippen LogP contribution in [0.15, 0.2) is 76.7 Å². The summed E-state index contributed by atoms with van der Waals surface area (Å²) in [4.78, 5) is 34.0. The van der Waals surface area contributed by atoms with E-state index in [-0.39, 0.29) is 0 Å². The number of nitrogens with zero attached hydrogens (tertiary/aromatic N) is 2. The van der Waals surface area contributed by atoms with Gasteiger partial charge in [0, 0.05) is 41.3 Å². The molecule has 0 bridgehead atoms. The number of anilines is 4. The molecule has 38 heavy (non-hydrogen) atoms. The quantitative estimate of drug-likeness (QED) is 0.287. The van der Waals surface area contributed by atoms with Crippen LogP contribution in [0.1, 0.15) is 11.1 Å². The molecule has 0 atom stereocenters. The number of carbonyl (C=O) groups excluding carboxylic acids is 2. The number of hydrogen-bond acceptors (Lipinski definition) is 7. The highest BCUT2D eigenvalue weighted by Crippen LogP contribution is 2.28. The molecule has 5 rings (SSSR count). The topological polar surface area (TPSA) is 140 Å². The molecular formula is C27H28N8O3. The third kappa shape index (κ3) is 6.01. The van der Waals surface area contributed by atoms with Crippen molar-refractivity contribution in [1.29, 1.82) is 0 Å². The molecule has 2 heterocycles. The summed E-state index contributed by atoms with van der Waals surface area (Å²) in [6, 6.07) is 18.9. The van der Waals surface area contributed by atoms with E-state index in [4.69, 9.17) is 4.74 Å². The highest BCUT2D eigenvalue weighted by Gasteiger charge is 2.13. The second-order valence-electron chi connectivity index (χ2n) is 8.54. The first-order valence-corrected chi connectivity index (χ1v) is 12.2. The molecule has 0 aliphatic carbocycles. The molecule has 11 nitrogen and oxygen atoms in total. The zero-order chi connectivity index (χ0) is 26.3. The van der Waals surface area contributed by atoms with Crippen LogP contribution in [0.2, 0.25) is 0 Å². The van der Waals surface area contributed by atoms with Gasteiger partial charge in [-0.1, -0.05) is 0 Å². The summed E-state index contributed by atoms with van der Waals surface area (Å²) in [5.74, 6) is 2.16. The summed E-state index contributed by atoms with van der Waals surface area (Å²) in [5, 5.41) is 17.6. The number of rotatable bonds is 7. The number of ether oxygens (including phenoxy) is 1. The van der Waals surface area contributed by atoms with Crippen LogP contribution >= 0.6 is 0 Å². The lowest BCUT2D eigenvalue weighted by Gasteiger charge is -2.14. The van der Waals surface area contributed by atoms with Crippen LogP contribution in [0.25, 0.3) is 0 Å². The molecule has 11 heteroatoms. The van der Waals surface area contributed by atoms with Crippen molar-refractivity contribution in [3.8, 4) is 5.75 Å². The second-order valence-corrected chi connectivity index (χ2v) is 8.54. The third-order valence-corrected chi connectivity index (χ3v) is 5.89. The van der Waals surface area contributed by atoms with E-state index >= 15 is 0 Å². The third-order valence-electron chi connectivity index (χ3n) is 5.89. The van der Waals surface area contributed by atoms with E-state index in [1.807, 2.05) is 36.4 Å². The molecule has 194 valence electrons. The molecule has 3 aromatic carbocycles. The van der Waals surface area contributed by atoms with Crippen molar-refractivity contribution in [3.05, 3.63) is 77.9 Å². The van der Waals surface area contributed by atoms with Gasteiger partial charge in [0.15, 0.2) is 0 Å². The van der Waals surface area contributed by atoms with Crippen molar-refractivity contribution in [2.24, 2.45) is 9.98 Å². The Morgan fingerprint density at radius 1 is 0.684 bits per heavy atom. The fraction of sp³-hybridized carbons (Fsp3) is 0.185. The molecule has 0 spiro atoms. The molecular weight excluding hydrogens is 484 g/mol. The van der Waals surface area contributed by atoms with E-state index < -0.39 is 12.1 Å². The van der Waals surface area contributed by atoms with Gasteiger partial charge in [-0.05, 0) is 66.7 Å². The Morgan fingerprint density at radius 2 is 1.16 bits per heavy atom. The molecule has 6 N–H and O–H groups in total. The Labute approximate surface area is 219 Å². The van der Waals surface area contributed by atoms with Crippen molar-refractivity contribution in [2.45, 2.75) is 0 Å². The lowest BCUT2D eigenvalue weighted by atomic mass is 10.2. The smallest absolute Gasteiger partial charge is 0.323 e. The maximum atomic E-state index is 12.7. The highest BCUT2D eigenvalue weighted by molar-refractivity contribution is 6.04. The van der Waals surface area contributed by atoms with Crippen molar-refractivity contribution < 1.29 is 14.3 Å². The van der Waals surface area contributed by atoms with Crippen molar-refractivity contribution >= 4 is 46.5 Å². The monoisotopic (exact) mass is 512 g/mol. The number of hydrogen-bond donors (Lipinski definition) is 6. The van der Waals surface area contributed by atoms with E-state index in [0.717, 1.165) is 49.0 Å². The summed E-state index contributed by atoms with van der Waals surface area (Å²) in [6.07, 6.45) is 0. The summed E-state index contributed by atoms with van der Waals surface area (Å²) < 4.78 is 5.37. The number of amides is 4. The van der Waals surface area contributed by atoms with Crippen LogP contribution in [-0.4, -0.2) is 57.0 Å². The van der Waals surface area contributed by atoms with Gasteiger partial charge in [0.1, 0.15) is 17.4 Å². The number of methoxy groups -OCH3 is 1. The molecule has 2 aliphatic rings. The Kier molecular flexibility index (Phi) is 7.34. The average Bonchev–Trinajstić information content (AvgIpc) is 3.65. The molecule has 0 aromatic heterocycles. The van der Waals surface area contributed by atoms with Crippen LogP contribution in [0.3, 0.4) is 0 Å². The number of aliphatic imine (C=N–C) groups is 2.